The van der Waals surface area contributed by atoms with E-state index in [2.05, 4.69) is 89.2 Å². The third-order valence-electron chi connectivity index (χ3n) is 6.67. The van der Waals surface area contributed by atoms with E-state index in [1.165, 1.54) is 22.3 Å². The summed E-state index contributed by atoms with van der Waals surface area (Å²) in [6.07, 6.45) is 5.47. The Morgan fingerprint density at radius 2 is 1.68 bits per heavy atom. The largest absolute Gasteiger partial charge is 0.439 e. The van der Waals surface area contributed by atoms with Gasteiger partial charge >= 0.3 is 0 Å². The average molecular weight is 496 g/mol. The maximum absolute atomic E-state index is 6.39. The van der Waals surface area contributed by atoms with Gasteiger partial charge in [0, 0.05) is 50.4 Å². The third-order valence-corrected chi connectivity index (χ3v) is 6.67. The second kappa shape index (κ2) is 12.0. The van der Waals surface area contributed by atoms with Gasteiger partial charge < -0.3 is 19.1 Å². The molecule has 190 valence electrons. The molecule has 0 radical (unpaired) electrons. The number of fused-ring (bicyclic) bond motifs is 2. The van der Waals surface area contributed by atoms with Crippen molar-refractivity contribution in [2.45, 2.75) is 26.2 Å². The summed E-state index contributed by atoms with van der Waals surface area (Å²) < 4.78 is 19.7. The van der Waals surface area contributed by atoms with Crippen molar-refractivity contribution in [1.82, 2.24) is 0 Å². The quantitative estimate of drug-likeness (QED) is 0.180. The number of benzene rings is 3. The predicted molar refractivity (Wildman–Crippen MR) is 149 cm³/mol. The molecule has 0 aliphatic carbocycles. The molecule has 1 aliphatic heterocycles. The molecule has 0 saturated carbocycles. The SMILES string of the molecule is CCCCc1cc(/C=C2\Oc3ccccc3N2CCOCCOC)c2ccccc2[n+]1-c1ccccc1. The van der Waals surface area contributed by atoms with E-state index in [1.54, 1.807) is 7.11 Å². The second-order valence-electron chi connectivity index (χ2n) is 9.19. The average Bonchev–Trinajstić information content (AvgIpc) is 3.29. The van der Waals surface area contributed by atoms with Gasteiger partial charge in [0.2, 0.25) is 17.1 Å². The van der Waals surface area contributed by atoms with Gasteiger partial charge in [0.05, 0.1) is 30.9 Å². The van der Waals surface area contributed by atoms with Crippen LogP contribution < -0.4 is 14.2 Å². The Labute approximate surface area is 219 Å². The molecular weight excluding hydrogens is 460 g/mol. The molecule has 0 fully saturated rings. The highest BCUT2D eigenvalue weighted by Crippen LogP contribution is 2.39. The van der Waals surface area contributed by atoms with Crippen LogP contribution >= 0.6 is 0 Å². The highest BCUT2D eigenvalue weighted by atomic mass is 16.5. The van der Waals surface area contributed by atoms with Gasteiger partial charge in [0.1, 0.15) is 0 Å². The Morgan fingerprint density at radius 1 is 0.892 bits per heavy atom. The van der Waals surface area contributed by atoms with E-state index >= 15 is 0 Å². The number of nitrogens with zero attached hydrogens (tertiary/aromatic N) is 2. The lowest BCUT2D eigenvalue weighted by Crippen LogP contribution is -2.37. The van der Waals surface area contributed by atoms with Crippen LogP contribution in [0.3, 0.4) is 0 Å². The molecule has 4 aromatic rings. The molecule has 0 spiro atoms. The highest BCUT2D eigenvalue weighted by Gasteiger charge is 2.27. The number of methoxy groups -OCH3 is 1. The first kappa shape index (κ1) is 25.0. The van der Waals surface area contributed by atoms with Crippen LogP contribution in [0.4, 0.5) is 5.69 Å². The van der Waals surface area contributed by atoms with E-state index in [-0.39, 0.29) is 0 Å². The fraction of sp³-hybridized carbons (Fsp3) is 0.281. The van der Waals surface area contributed by atoms with E-state index in [4.69, 9.17) is 14.2 Å². The van der Waals surface area contributed by atoms with E-state index in [0.29, 0.717) is 26.4 Å². The summed E-state index contributed by atoms with van der Waals surface area (Å²) in [6, 6.07) is 29.8. The van der Waals surface area contributed by atoms with Gasteiger partial charge in [-0.1, -0.05) is 55.8 Å². The maximum atomic E-state index is 6.39. The first-order valence-corrected chi connectivity index (χ1v) is 13.1. The number of hydrogen-bond acceptors (Lipinski definition) is 4. The fourth-order valence-corrected chi connectivity index (χ4v) is 4.86. The first-order chi connectivity index (χ1) is 18.3. The topological polar surface area (TPSA) is 34.8 Å². The van der Waals surface area contributed by atoms with Crippen LogP contribution in [-0.4, -0.2) is 33.5 Å². The predicted octanol–water partition coefficient (Wildman–Crippen LogP) is 6.32. The lowest BCUT2D eigenvalue weighted by molar-refractivity contribution is -0.576. The Morgan fingerprint density at radius 3 is 2.51 bits per heavy atom. The Balaban J connectivity index is 1.58. The molecule has 3 aromatic carbocycles. The summed E-state index contributed by atoms with van der Waals surface area (Å²) in [5.74, 6) is 1.69. The summed E-state index contributed by atoms with van der Waals surface area (Å²) in [5, 5.41) is 1.19. The number of hydrogen-bond donors (Lipinski definition) is 0. The van der Waals surface area contributed by atoms with Crippen LogP contribution in [0.15, 0.2) is 90.8 Å². The lowest BCUT2D eigenvalue weighted by Gasteiger charge is -2.19. The summed E-state index contributed by atoms with van der Waals surface area (Å²) >= 11 is 0. The Hall–Kier alpha value is -3.67. The Kier molecular flexibility index (Phi) is 8.14. The second-order valence-corrected chi connectivity index (χ2v) is 9.19. The van der Waals surface area contributed by atoms with E-state index in [0.717, 1.165) is 42.1 Å². The highest BCUT2D eigenvalue weighted by molar-refractivity contribution is 5.87. The van der Waals surface area contributed by atoms with E-state index < -0.39 is 0 Å². The van der Waals surface area contributed by atoms with Crippen LogP contribution in [-0.2, 0) is 15.9 Å². The summed E-state index contributed by atoms with van der Waals surface area (Å²) in [7, 11) is 1.69. The summed E-state index contributed by atoms with van der Waals surface area (Å²) in [5.41, 5.74) is 5.89. The normalized spacial score (nSPS) is 13.8. The minimum absolute atomic E-state index is 0.579. The minimum atomic E-state index is 0.579. The van der Waals surface area contributed by atoms with Crippen molar-refractivity contribution in [3.05, 3.63) is 102 Å². The zero-order valence-electron chi connectivity index (χ0n) is 21.7. The van der Waals surface area contributed by atoms with Crippen molar-refractivity contribution >= 4 is 22.7 Å². The van der Waals surface area contributed by atoms with Crippen molar-refractivity contribution < 1.29 is 18.8 Å². The molecule has 0 amide bonds. The van der Waals surface area contributed by atoms with Crippen LogP contribution in [0.5, 0.6) is 5.75 Å². The molecule has 37 heavy (non-hydrogen) atoms. The van der Waals surface area contributed by atoms with Crippen molar-refractivity contribution in [1.29, 1.82) is 0 Å². The fourth-order valence-electron chi connectivity index (χ4n) is 4.86. The van der Waals surface area contributed by atoms with Gasteiger partial charge in [0.25, 0.3) is 0 Å². The number of rotatable bonds is 11. The van der Waals surface area contributed by atoms with Gasteiger partial charge in [-0.15, -0.1) is 0 Å². The smallest absolute Gasteiger partial charge is 0.219 e. The van der Waals surface area contributed by atoms with Crippen LogP contribution in [0.2, 0.25) is 0 Å². The van der Waals surface area contributed by atoms with Gasteiger partial charge in [-0.25, -0.2) is 0 Å². The Bertz CT molecular complexity index is 1370. The van der Waals surface area contributed by atoms with Crippen LogP contribution in [0, 0.1) is 0 Å². The number of para-hydroxylation sites is 4. The molecular formula is C32H35N2O3+. The molecule has 5 rings (SSSR count). The van der Waals surface area contributed by atoms with Gasteiger partial charge in [-0.05, 0) is 30.2 Å². The van der Waals surface area contributed by atoms with E-state index in [9.17, 15) is 0 Å². The number of aryl methyl sites for hydroxylation is 1. The number of anilines is 1. The van der Waals surface area contributed by atoms with Crippen LogP contribution in [0.1, 0.15) is 31.0 Å². The monoisotopic (exact) mass is 495 g/mol. The molecule has 1 aliphatic rings. The van der Waals surface area contributed by atoms with Crippen molar-refractivity contribution in [2.24, 2.45) is 0 Å². The molecule has 5 heteroatoms. The summed E-state index contributed by atoms with van der Waals surface area (Å²) in [6.45, 7) is 4.70. The third kappa shape index (κ3) is 5.53. The zero-order chi connectivity index (χ0) is 25.5. The molecule has 0 unspecified atom stereocenters. The molecule has 2 heterocycles. The standard InChI is InChI=1S/C32H35N2O3/c1-3-4-12-27-23-25(28-15-8-9-16-29(28)34(27)26-13-6-5-7-14-26)24-32-33(19-20-36-22-21-35-2)30-17-10-11-18-31(30)37-32/h5-11,13-18,23-24H,3-4,12,19-22H2,1-2H3/q+1. The molecule has 0 N–H and O–H groups in total. The maximum Gasteiger partial charge on any atom is 0.219 e. The van der Waals surface area contributed by atoms with Gasteiger partial charge in [0.15, 0.2) is 11.4 Å². The van der Waals surface area contributed by atoms with Crippen molar-refractivity contribution in [2.75, 3.05) is 38.4 Å². The molecule has 5 nitrogen and oxygen atoms in total. The zero-order valence-corrected chi connectivity index (χ0v) is 21.7. The molecule has 0 saturated heterocycles. The number of ether oxygens (including phenoxy) is 3. The lowest BCUT2D eigenvalue weighted by atomic mass is 10.0. The number of unbranched alkanes of at least 4 members (excludes halogenated alkanes) is 1. The van der Waals surface area contributed by atoms with E-state index in [1.807, 2.05) is 18.2 Å². The van der Waals surface area contributed by atoms with Gasteiger partial charge in [-0.2, -0.15) is 4.57 Å². The molecule has 1 aromatic heterocycles. The van der Waals surface area contributed by atoms with Crippen LogP contribution in [0.25, 0.3) is 22.7 Å². The van der Waals surface area contributed by atoms with Gasteiger partial charge in [-0.3, -0.25) is 0 Å². The first-order valence-electron chi connectivity index (χ1n) is 13.1. The van der Waals surface area contributed by atoms with Crippen molar-refractivity contribution in [3.8, 4) is 11.4 Å². The molecule has 0 atom stereocenters. The molecule has 0 bridgehead atoms. The number of aromatic nitrogens is 1. The van der Waals surface area contributed by atoms with Crippen molar-refractivity contribution in [3.63, 3.8) is 0 Å². The minimum Gasteiger partial charge on any atom is -0.439 e. The summed E-state index contributed by atoms with van der Waals surface area (Å²) in [4.78, 5) is 2.21. The number of pyridine rings is 1.